The molecule has 4 aromatic rings. The number of fused-ring (bicyclic) bond motifs is 1. The molecule has 0 amide bonds. The van der Waals surface area contributed by atoms with Crippen LogP contribution in [0.5, 0.6) is 0 Å². The molecule has 0 N–H and O–H groups in total. The maximum Gasteiger partial charge on any atom is 0.267 e. The molecule has 0 spiro atoms. The van der Waals surface area contributed by atoms with Gasteiger partial charge in [0.25, 0.3) is 5.56 Å². The highest BCUT2D eigenvalue weighted by atomic mass is 32.2. The van der Waals surface area contributed by atoms with Crippen molar-refractivity contribution in [2.45, 2.75) is 24.9 Å². The van der Waals surface area contributed by atoms with Gasteiger partial charge in [-0.15, -0.1) is 11.3 Å². The number of carbonyl (C=O) groups is 1. The summed E-state index contributed by atoms with van der Waals surface area (Å²) in [7, 11) is 0. The van der Waals surface area contributed by atoms with Crippen LogP contribution in [0.1, 0.15) is 21.9 Å². The standard InChI is InChI=1S/C24H19N3O2S2/c1-15-16(2)31-22-21(15)23(29)27(18-11-7-4-8-12-18)24(26-22)30-14-20(28)19(13-25)17-9-5-3-6-10-17/h3-12,19H,14H2,1-2H3/t19-/m0/s1. The zero-order valence-electron chi connectivity index (χ0n) is 17.0. The second kappa shape index (κ2) is 8.88. The fraction of sp³-hybridized carbons (Fsp3) is 0.167. The summed E-state index contributed by atoms with van der Waals surface area (Å²) in [5.41, 5.74) is 2.15. The predicted octanol–water partition coefficient (Wildman–Crippen LogP) is 5.03. The number of thioether (sulfide) groups is 1. The number of Topliss-reactive ketones (excluding diaryl/α,β-unsaturated/α-hetero) is 1. The monoisotopic (exact) mass is 445 g/mol. The number of hydrogen-bond acceptors (Lipinski definition) is 6. The Kier molecular flexibility index (Phi) is 6.03. The number of hydrogen-bond donors (Lipinski definition) is 0. The fourth-order valence-corrected chi connectivity index (χ4v) is 5.36. The molecule has 7 heteroatoms. The average Bonchev–Trinajstić information content (AvgIpc) is 3.07. The minimum atomic E-state index is -0.847. The molecule has 0 radical (unpaired) electrons. The fourth-order valence-electron chi connectivity index (χ4n) is 3.37. The maximum atomic E-state index is 13.4. The van der Waals surface area contributed by atoms with Crippen molar-refractivity contribution in [1.29, 1.82) is 5.26 Å². The van der Waals surface area contributed by atoms with Gasteiger partial charge < -0.3 is 0 Å². The summed E-state index contributed by atoms with van der Waals surface area (Å²) >= 11 is 2.67. The van der Waals surface area contributed by atoms with Gasteiger partial charge in [-0.3, -0.25) is 14.2 Å². The van der Waals surface area contributed by atoms with E-state index in [-0.39, 0.29) is 17.1 Å². The molecule has 0 aliphatic heterocycles. The molecule has 2 aromatic heterocycles. The third-order valence-corrected chi connectivity index (χ3v) is 7.18. The summed E-state index contributed by atoms with van der Waals surface area (Å²) in [5.74, 6) is -1.02. The van der Waals surface area contributed by atoms with Gasteiger partial charge in [-0.1, -0.05) is 60.3 Å². The van der Waals surface area contributed by atoms with Crippen molar-refractivity contribution >= 4 is 39.1 Å². The molecule has 5 nitrogen and oxygen atoms in total. The van der Waals surface area contributed by atoms with Crippen LogP contribution in [-0.4, -0.2) is 21.1 Å². The smallest absolute Gasteiger partial charge is 0.267 e. The summed E-state index contributed by atoms with van der Waals surface area (Å²) in [6, 6.07) is 20.4. The number of rotatable bonds is 6. The number of ketones is 1. The van der Waals surface area contributed by atoms with Crippen molar-refractivity contribution in [3.8, 4) is 11.8 Å². The molecule has 1 atom stereocenters. The zero-order chi connectivity index (χ0) is 22.0. The van der Waals surface area contributed by atoms with Crippen LogP contribution in [0.25, 0.3) is 15.9 Å². The van der Waals surface area contributed by atoms with E-state index >= 15 is 0 Å². The highest BCUT2D eigenvalue weighted by Gasteiger charge is 2.23. The van der Waals surface area contributed by atoms with Crippen molar-refractivity contribution in [2.75, 3.05) is 5.75 Å². The first-order valence-corrected chi connectivity index (χ1v) is 11.5. The van der Waals surface area contributed by atoms with E-state index in [0.29, 0.717) is 26.6 Å². The zero-order valence-corrected chi connectivity index (χ0v) is 18.7. The van der Waals surface area contributed by atoms with Crippen LogP contribution in [-0.2, 0) is 4.79 Å². The molecule has 0 saturated heterocycles. The number of para-hydroxylation sites is 1. The lowest BCUT2D eigenvalue weighted by Gasteiger charge is -2.13. The van der Waals surface area contributed by atoms with Crippen LogP contribution in [0.2, 0.25) is 0 Å². The van der Waals surface area contributed by atoms with E-state index in [1.54, 1.807) is 16.7 Å². The van der Waals surface area contributed by atoms with E-state index in [4.69, 9.17) is 4.98 Å². The minimum Gasteiger partial charge on any atom is -0.297 e. The minimum absolute atomic E-state index is 0.0429. The van der Waals surface area contributed by atoms with E-state index < -0.39 is 5.92 Å². The Hall–Kier alpha value is -3.21. The molecule has 0 saturated carbocycles. The van der Waals surface area contributed by atoms with Crippen molar-refractivity contribution in [1.82, 2.24) is 9.55 Å². The average molecular weight is 446 g/mol. The van der Waals surface area contributed by atoms with Crippen molar-refractivity contribution in [2.24, 2.45) is 0 Å². The van der Waals surface area contributed by atoms with Crippen LogP contribution < -0.4 is 5.56 Å². The third kappa shape index (κ3) is 4.05. The normalized spacial score (nSPS) is 11.9. The van der Waals surface area contributed by atoms with Gasteiger partial charge in [0.2, 0.25) is 0 Å². The van der Waals surface area contributed by atoms with E-state index in [0.717, 1.165) is 10.4 Å². The van der Waals surface area contributed by atoms with Gasteiger partial charge in [-0.2, -0.15) is 5.26 Å². The number of nitriles is 1. The Morgan fingerprint density at radius 2 is 1.77 bits per heavy atom. The lowest BCUT2D eigenvalue weighted by Crippen LogP contribution is -2.22. The molecule has 0 fully saturated rings. The molecule has 2 heterocycles. The molecule has 154 valence electrons. The highest BCUT2D eigenvalue weighted by molar-refractivity contribution is 7.99. The van der Waals surface area contributed by atoms with E-state index in [1.165, 1.54) is 23.1 Å². The van der Waals surface area contributed by atoms with Crippen molar-refractivity contribution in [3.63, 3.8) is 0 Å². The summed E-state index contributed by atoms with van der Waals surface area (Å²) < 4.78 is 1.56. The second-order valence-electron chi connectivity index (χ2n) is 7.06. The topological polar surface area (TPSA) is 75.8 Å². The molecule has 2 aromatic carbocycles. The molecular weight excluding hydrogens is 426 g/mol. The van der Waals surface area contributed by atoms with E-state index in [1.807, 2.05) is 62.4 Å². The number of aromatic nitrogens is 2. The quantitative estimate of drug-likeness (QED) is 0.307. The van der Waals surface area contributed by atoms with Crippen molar-refractivity contribution in [3.05, 3.63) is 87.0 Å². The number of carbonyl (C=O) groups excluding carboxylic acids is 1. The lowest BCUT2D eigenvalue weighted by molar-refractivity contribution is -0.116. The Bertz CT molecular complexity index is 1350. The van der Waals surface area contributed by atoms with Gasteiger partial charge >= 0.3 is 0 Å². The Balaban J connectivity index is 1.74. The van der Waals surface area contributed by atoms with E-state index in [9.17, 15) is 14.9 Å². The first kappa shape index (κ1) is 21.0. The third-order valence-electron chi connectivity index (χ3n) is 5.11. The highest BCUT2D eigenvalue weighted by Crippen LogP contribution is 2.30. The van der Waals surface area contributed by atoms with Gasteiger partial charge in [-0.25, -0.2) is 4.98 Å². The summed E-state index contributed by atoms with van der Waals surface area (Å²) in [6.45, 7) is 3.90. The molecule has 0 bridgehead atoms. The maximum absolute atomic E-state index is 13.4. The number of aryl methyl sites for hydroxylation is 2. The molecule has 31 heavy (non-hydrogen) atoms. The van der Waals surface area contributed by atoms with Crippen LogP contribution in [0, 0.1) is 25.2 Å². The number of benzene rings is 2. The van der Waals surface area contributed by atoms with Gasteiger partial charge in [0, 0.05) is 4.88 Å². The van der Waals surface area contributed by atoms with Crippen LogP contribution >= 0.6 is 23.1 Å². The van der Waals surface area contributed by atoms with Gasteiger partial charge in [0.15, 0.2) is 10.9 Å². The second-order valence-corrected chi connectivity index (χ2v) is 9.21. The first-order valence-electron chi connectivity index (χ1n) is 9.69. The summed E-state index contributed by atoms with van der Waals surface area (Å²) in [6.07, 6.45) is 0. The Morgan fingerprint density at radius 1 is 1.13 bits per heavy atom. The first-order chi connectivity index (χ1) is 15.0. The number of nitrogens with zero attached hydrogens (tertiary/aromatic N) is 3. The molecule has 0 unspecified atom stereocenters. The van der Waals surface area contributed by atoms with Crippen molar-refractivity contribution < 1.29 is 4.79 Å². The van der Waals surface area contributed by atoms with Gasteiger partial charge in [-0.05, 0) is 37.1 Å². The van der Waals surface area contributed by atoms with Gasteiger partial charge in [0.1, 0.15) is 10.7 Å². The molecule has 0 aliphatic carbocycles. The van der Waals surface area contributed by atoms with Crippen LogP contribution in [0.3, 0.4) is 0 Å². The van der Waals surface area contributed by atoms with Gasteiger partial charge in [0.05, 0.1) is 22.9 Å². The lowest BCUT2D eigenvalue weighted by atomic mass is 9.97. The predicted molar refractivity (Wildman–Crippen MR) is 125 cm³/mol. The van der Waals surface area contributed by atoms with E-state index in [2.05, 4.69) is 6.07 Å². The largest absolute Gasteiger partial charge is 0.297 e. The summed E-state index contributed by atoms with van der Waals surface area (Å²) in [5, 5.41) is 10.6. The van der Waals surface area contributed by atoms with Crippen LogP contribution in [0.15, 0.2) is 70.6 Å². The SMILES string of the molecule is Cc1sc2nc(SCC(=O)[C@@H](C#N)c3ccccc3)n(-c3ccccc3)c(=O)c2c1C. The molecular formula is C24H19N3O2S2. The molecule has 4 rings (SSSR count). The molecule has 0 aliphatic rings. The Morgan fingerprint density at radius 3 is 2.42 bits per heavy atom. The number of thiophene rings is 1. The van der Waals surface area contributed by atoms with Crippen LogP contribution in [0.4, 0.5) is 0 Å². The summed E-state index contributed by atoms with van der Waals surface area (Å²) in [4.78, 5) is 32.7. The Labute approximate surface area is 188 Å².